The molecule has 0 unspecified atom stereocenters. The van der Waals surface area contributed by atoms with Crippen LogP contribution in [-0.2, 0) is 10.8 Å². The van der Waals surface area contributed by atoms with Crippen LogP contribution >= 0.6 is 0 Å². The van der Waals surface area contributed by atoms with Crippen LogP contribution in [0.3, 0.4) is 0 Å². The highest BCUT2D eigenvalue weighted by molar-refractivity contribution is 6.21. The van der Waals surface area contributed by atoms with Gasteiger partial charge in [0.1, 0.15) is 0 Å². The molecule has 0 heteroatoms. The fourth-order valence-electron chi connectivity index (χ4n) is 10.8. The molecule has 0 saturated heterocycles. The molecule has 262 valence electrons. The van der Waals surface area contributed by atoms with Crippen LogP contribution in [0.4, 0.5) is 0 Å². The predicted molar refractivity (Wildman–Crippen MR) is 231 cm³/mol. The standard InChI is InChI=1S/C54H46/c1-5-53(6-2)47-25-17-16-20-39(47)45-33-46-40-31-30-38(32-48(40)54(7-3,8-4)50(46)34-49(45)53)35-26-28-37(29-27-35)52-43-23-14-12-21-41(43)51(36-18-10-9-11-19-36)42-22-13-15-24-44(42)52/h9-34H,5-8H2,1-4H3. The van der Waals surface area contributed by atoms with Crippen molar-refractivity contribution in [3.63, 3.8) is 0 Å². The van der Waals surface area contributed by atoms with Crippen LogP contribution in [-0.4, -0.2) is 0 Å². The van der Waals surface area contributed by atoms with Gasteiger partial charge in [0.2, 0.25) is 0 Å². The molecule has 8 aromatic rings. The van der Waals surface area contributed by atoms with Gasteiger partial charge in [-0.1, -0.05) is 173 Å². The Morgan fingerprint density at radius 1 is 0.296 bits per heavy atom. The summed E-state index contributed by atoms with van der Waals surface area (Å²) in [6, 6.07) is 59.8. The van der Waals surface area contributed by atoms with Crippen LogP contribution in [0.5, 0.6) is 0 Å². The lowest BCUT2D eigenvalue weighted by Gasteiger charge is -2.33. The Labute approximate surface area is 320 Å². The lowest BCUT2D eigenvalue weighted by molar-refractivity contribution is 0.476. The van der Waals surface area contributed by atoms with E-state index in [1.807, 2.05) is 0 Å². The zero-order valence-electron chi connectivity index (χ0n) is 31.8. The molecule has 0 bridgehead atoms. The molecule has 0 spiro atoms. The zero-order chi connectivity index (χ0) is 36.6. The summed E-state index contributed by atoms with van der Waals surface area (Å²) in [5, 5.41) is 5.16. The van der Waals surface area contributed by atoms with E-state index >= 15 is 0 Å². The van der Waals surface area contributed by atoms with E-state index in [-0.39, 0.29) is 10.8 Å². The predicted octanol–water partition coefficient (Wildman–Crippen LogP) is 15.2. The van der Waals surface area contributed by atoms with Crippen molar-refractivity contribution >= 4 is 21.5 Å². The summed E-state index contributed by atoms with van der Waals surface area (Å²) in [7, 11) is 0. The Bertz CT molecular complexity index is 2680. The number of benzene rings is 8. The molecule has 2 aliphatic carbocycles. The van der Waals surface area contributed by atoms with Crippen molar-refractivity contribution in [2.24, 2.45) is 0 Å². The summed E-state index contributed by atoms with van der Waals surface area (Å²) in [6.07, 6.45) is 4.41. The monoisotopic (exact) mass is 694 g/mol. The molecule has 0 fully saturated rings. The molecule has 2 aliphatic rings. The Morgan fingerprint density at radius 3 is 1.26 bits per heavy atom. The summed E-state index contributed by atoms with van der Waals surface area (Å²) >= 11 is 0. The van der Waals surface area contributed by atoms with Crippen LogP contribution in [0.15, 0.2) is 158 Å². The molecule has 0 nitrogen and oxygen atoms in total. The van der Waals surface area contributed by atoms with Gasteiger partial charge in [-0.2, -0.15) is 0 Å². The molecule has 0 radical (unpaired) electrons. The van der Waals surface area contributed by atoms with E-state index in [0.717, 1.165) is 25.7 Å². The Kier molecular flexibility index (Phi) is 7.57. The fraction of sp³-hybridized carbons (Fsp3) is 0.185. The van der Waals surface area contributed by atoms with Crippen molar-refractivity contribution in [3.8, 4) is 55.6 Å². The molecular weight excluding hydrogens is 649 g/mol. The molecule has 0 saturated carbocycles. The first-order chi connectivity index (χ1) is 26.6. The van der Waals surface area contributed by atoms with E-state index in [4.69, 9.17) is 0 Å². The van der Waals surface area contributed by atoms with Gasteiger partial charge >= 0.3 is 0 Å². The van der Waals surface area contributed by atoms with E-state index in [1.165, 1.54) is 93.9 Å². The van der Waals surface area contributed by atoms with Crippen LogP contribution in [0.25, 0.3) is 77.2 Å². The first-order valence-corrected chi connectivity index (χ1v) is 20.1. The van der Waals surface area contributed by atoms with Crippen LogP contribution in [0.2, 0.25) is 0 Å². The van der Waals surface area contributed by atoms with Gasteiger partial charge in [-0.25, -0.2) is 0 Å². The van der Waals surface area contributed by atoms with Crippen molar-refractivity contribution < 1.29 is 0 Å². The summed E-state index contributed by atoms with van der Waals surface area (Å²) < 4.78 is 0. The van der Waals surface area contributed by atoms with Crippen molar-refractivity contribution in [1.29, 1.82) is 0 Å². The first kappa shape index (κ1) is 32.9. The van der Waals surface area contributed by atoms with E-state index in [2.05, 4.69) is 185 Å². The van der Waals surface area contributed by atoms with Crippen molar-refractivity contribution in [2.75, 3.05) is 0 Å². The Balaban J connectivity index is 1.10. The average molecular weight is 695 g/mol. The molecule has 54 heavy (non-hydrogen) atoms. The minimum absolute atomic E-state index is 0.00399. The molecule has 8 aromatic carbocycles. The second kappa shape index (κ2) is 12.4. The highest BCUT2D eigenvalue weighted by Gasteiger charge is 2.46. The Morgan fingerprint density at radius 2 is 0.704 bits per heavy atom. The lowest BCUT2D eigenvalue weighted by Crippen LogP contribution is -2.26. The average Bonchev–Trinajstić information content (AvgIpc) is 3.68. The maximum absolute atomic E-state index is 2.65. The topological polar surface area (TPSA) is 0 Å². The van der Waals surface area contributed by atoms with E-state index < -0.39 is 0 Å². The molecule has 10 rings (SSSR count). The van der Waals surface area contributed by atoms with Crippen molar-refractivity contribution in [3.05, 3.63) is 180 Å². The van der Waals surface area contributed by atoms with Gasteiger partial charge in [0.05, 0.1) is 0 Å². The van der Waals surface area contributed by atoms with Gasteiger partial charge in [0.25, 0.3) is 0 Å². The van der Waals surface area contributed by atoms with Crippen LogP contribution in [0, 0.1) is 0 Å². The zero-order valence-corrected chi connectivity index (χ0v) is 31.8. The highest BCUT2D eigenvalue weighted by atomic mass is 14.5. The molecule has 0 atom stereocenters. The largest absolute Gasteiger partial charge is 0.0642 e. The van der Waals surface area contributed by atoms with E-state index in [1.54, 1.807) is 5.56 Å². The summed E-state index contributed by atoms with van der Waals surface area (Å²) in [4.78, 5) is 0. The maximum atomic E-state index is 2.65. The second-order valence-electron chi connectivity index (χ2n) is 15.6. The maximum Gasteiger partial charge on any atom is 0.0210 e. The quantitative estimate of drug-likeness (QED) is 0.146. The summed E-state index contributed by atoms with van der Waals surface area (Å²) in [5.41, 5.74) is 19.5. The first-order valence-electron chi connectivity index (χ1n) is 20.1. The van der Waals surface area contributed by atoms with E-state index in [0.29, 0.717) is 0 Å². The third kappa shape index (κ3) is 4.43. The number of fused-ring (bicyclic) bond motifs is 8. The van der Waals surface area contributed by atoms with Gasteiger partial charge in [-0.05, 0) is 137 Å². The number of rotatable bonds is 7. The third-order valence-electron chi connectivity index (χ3n) is 13.7. The lowest BCUT2D eigenvalue weighted by atomic mass is 9.70. The van der Waals surface area contributed by atoms with Gasteiger partial charge < -0.3 is 0 Å². The van der Waals surface area contributed by atoms with Gasteiger partial charge in [0, 0.05) is 10.8 Å². The smallest absolute Gasteiger partial charge is 0.0210 e. The SMILES string of the molecule is CCC1(CC)c2ccccc2-c2cc3c(cc21)C(CC)(CC)c1cc(-c2ccc(-c4c5ccccc5c(-c5ccccc5)c5ccccc45)cc2)ccc1-3. The molecule has 0 heterocycles. The number of hydrogen-bond acceptors (Lipinski definition) is 0. The van der Waals surface area contributed by atoms with Crippen LogP contribution in [0.1, 0.15) is 75.6 Å². The van der Waals surface area contributed by atoms with Crippen molar-refractivity contribution in [1.82, 2.24) is 0 Å². The van der Waals surface area contributed by atoms with Gasteiger partial charge in [-0.3, -0.25) is 0 Å². The van der Waals surface area contributed by atoms with Crippen molar-refractivity contribution in [2.45, 2.75) is 64.2 Å². The minimum Gasteiger partial charge on any atom is -0.0642 e. The minimum atomic E-state index is -0.00399. The molecule has 0 N–H and O–H groups in total. The molecule has 0 amide bonds. The second-order valence-corrected chi connectivity index (χ2v) is 15.6. The van der Waals surface area contributed by atoms with Crippen LogP contribution < -0.4 is 0 Å². The molecular formula is C54H46. The summed E-state index contributed by atoms with van der Waals surface area (Å²) in [6.45, 7) is 9.56. The number of hydrogen-bond donors (Lipinski definition) is 0. The normalized spacial score (nSPS) is 14.5. The highest BCUT2D eigenvalue weighted by Crippen LogP contribution is 2.60. The molecule has 0 aromatic heterocycles. The van der Waals surface area contributed by atoms with Gasteiger partial charge in [-0.15, -0.1) is 0 Å². The van der Waals surface area contributed by atoms with E-state index in [9.17, 15) is 0 Å². The molecule has 0 aliphatic heterocycles. The summed E-state index contributed by atoms with van der Waals surface area (Å²) in [5.74, 6) is 0. The van der Waals surface area contributed by atoms with Gasteiger partial charge in [0.15, 0.2) is 0 Å². The Hall–Kier alpha value is -5.72. The fourth-order valence-corrected chi connectivity index (χ4v) is 10.8. The third-order valence-corrected chi connectivity index (χ3v) is 13.7.